The Labute approximate surface area is 122 Å². The summed E-state index contributed by atoms with van der Waals surface area (Å²) in [4.78, 5) is 22.4. The Balaban J connectivity index is 1.93. The Kier molecular flexibility index (Phi) is 4.71. The number of carboxylic acid groups (broad SMARTS) is 1. The van der Waals surface area contributed by atoms with Gasteiger partial charge < -0.3 is 10.4 Å². The topological polar surface area (TPSA) is 84.2 Å². The summed E-state index contributed by atoms with van der Waals surface area (Å²) in [7, 11) is 0. The number of carboxylic acids is 1. The van der Waals surface area contributed by atoms with Gasteiger partial charge in [0.15, 0.2) is 0 Å². The summed E-state index contributed by atoms with van der Waals surface area (Å²) in [5.41, 5.74) is 1.49. The van der Waals surface area contributed by atoms with Crippen LogP contribution in [0.15, 0.2) is 42.7 Å². The van der Waals surface area contributed by atoms with Gasteiger partial charge in [-0.1, -0.05) is 25.1 Å². The van der Waals surface area contributed by atoms with Gasteiger partial charge in [-0.3, -0.25) is 9.59 Å². The van der Waals surface area contributed by atoms with E-state index in [1.165, 1.54) is 0 Å². The predicted octanol–water partition coefficient (Wildman–Crippen LogP) is 2.31. The van der Waals surface area contributed by atoms with E-state index in [2.05, 4.69) is 10.4 Å². The Hall–Kier alpha value is -2.63. The van der Waals surface area contributed by atoms with E-state index in [-0.39, 0.29) is 24.7 Å². The molecule has 0 aliphatic heterocycles. The van der Waals surface area contributed by atoms with Crippen LogP contribution in [0.3, 0.4) is 0 Å². The highest BCUT2D eigenvalue weighted by Gasteiger charge is 2.13. The quantitative estimate of drug-likeness (QED) is 0.854. The van der Waals surface area contributed by atoms with Gasteiger partial charge in [-0.15, -0.1) is 0 Å². The summed E-state index contributed by atoms with van der Waals surface area (Å²) in [6.45, 7) is 1.74. The van der Waals surface area contributed by atoms with E-state index < -0.39 is 5.97 Å². The molecule has 0 radical (unpaired) electrons. The monoisotopic (exact) mass is 287 g/mol. The number of anilines is 1. The second kappa shape index (κ2) is 6.69. The van der Waals surface area contributed by atoms with Crippen LogP contribution in [0, 0.1) is 5.92 Å². The van der Waals surface area contributed by atoms with Crippen molar-refractivity contribution in [3.8, 4) is 5.69 Å². The summed E-state index contributed by atoms with van der Waals surface area (Å²) >= 11 is 0. The molecule has 1 atom stereocenters. The van der Waals surface area contributed by atoms with Crippen LogP contribution in [0.25, 0.3) is 5.69 Å². The lowest BCUT2D eigenvalue weighted by Crippen LogP contribution is -2.16. The molecule has 0 spiro atoms. The first kappa shape index (κ1) is 14.8. The zero-order valence-corrected chi connectivity index (χ0v) is 11.7. The molecule has 110 valence electrons. The number of para-hydroxylation sites is 1. The molecule has 1 amide bonds. The number of benzene rings is 1. The molecular formula is C15H17N3O3. The molecule has 0 aliphatic rings. The maximum Gasteiger partial charge on any atom is 0.303 e. The Morgan fingerprint density at radius 3 is 2.67 bits per heavy atom. The molecule has 0 aliphatic carbocycles. The number of aromatic nitrogens is 2. The van der Waals surface area contributed by atoms with Gasteiger partial charge >= 0.3 is 5.97 Å². The van der Waals surface area contributed by atoms with Crippen molar-refractivity contribution >= 4 is 17.6 Å². The van der Waals surface area contributed by atoms with E-state index in [1.807, 2.05) is 30.3 Å². The molecule has 0 unspecified atom stereocenters. The second-order valence-corrected chi connectivity index (χ2v) is 4.96. The average Bonchev–Trinajstić information content (AvgIpc) is 2.86. The van der Waals surface area contributed by atoms with Crippen LogP contribution in [0.4, 0.5) is 5.69 Å². The lowest BCUT2D eigenvalue weighted by atomic mass is 10.0. The molecule has 0 saturated heterocycles. The van der Waals surface area contributed by atoms with Crippen molar-refractivity contribution in [1.29, 1.82) is 0 Å². The summed E-state index contributed by atoms with van der Waals surface area (Å²) in [6.07, 6.45) is 3.43. The summed E-state index contributed by atoms with van der Waals surface area (Å²) in [5.74, 6) is -1.31. The van der Waals surface area contributed by atoms with E-state index in [0.29, 0.717) is 5.69 Å². The van der Waals surface area contributed by atoms with Gasteiger partial charge in [-0.25, -0.2) is 4.68 Å². The number of amides is 1. The zero-order valence-electron chi connectivity index (χ0n) is 11.7. The summed E-state index contributed by atoms with van der Waals surface area (Å²) in [6, 6.07) is 9.55. The Bertz CT molecular complexity index is 622. The van der Waals surface area contributed by atoms with Crippen molar-refractivity contribution in [2.45, 2.75) is 19.8 Å². The maximum atomic E-state index is 11.8. The number of rotatable bonds is 6. The Morgan fingerprint density at radius 1 is 1.29 bits per heavy atom. The van der Waals surface area contributed by atoms with Gasteiger partial charge in [0.1, 0.15) is 0 Å². The number of carbonyl (C=O) groups is 2. The molecule has 2 aromatic rings. The molecule has 6 nitrogen and oxygen atoms in total. The third-order valence-electron chi connectivity index (χ3n) is 2.94. The molecule has 6 heteroatoms. The third kappa shape index (κ3) is 4.45. The maximum absolute atomic E-state index is 11.8. The molecule has 21 heavy (non-hydrogen) atoms. The average molecular weight is 287 g/mol. The normalized spacial score (nSPS) is 11.9. The molecule has 0 fully saturated rings. The van der Waals surface area contributed by atoms with Gasteiger partial charge in [-0.2, -0.15) is 5.10 Å². The van der Waals surface area contributed by atoms with Crippen LogP contribution < -0.4 is 5.32 Å². The van der Waals surface area contributed by atoms with Crippen LogP contribution in [0.2, 0.25) is 0 Å². The second-order valence-electron chi connectivity index (χ2n) is 4.96. The predicted molar refractivity (Wildman–Crippen MR) is 78.2 cm³/mol. The Morgan fingerprint density at radius 2 is 2.00 bits per heavy atom. The minimum Gasteiger partial charge on any atom is -0.481 e. The number of nitrogens with zero attached hydrogens (tertiary/aromatic N) is 2. The van der Waals surface area contributed by atoms with Gasteiger partial charge in [-0.05, 0) is 18.1 Å². The van der Waals surface area contributed by atoms with Gasteiger partial charge in [0.05, 0.1) is 23.8 Å². The molecule has 2 rings (SSSR count). The summed E-state index contributed by atoms with van der Waals surface area (Å²) in [5, 5.41) is 15.6. The number of carbonyl (C=O) groups excluding carboxylic acids is 1. The first-order chi connectivity index (χ1) is 10.0. The fourth-order valence-corrected chi connectivity index (χ4v) is 2.01. The number of aliphatic carboxylic acids is 1. The van der Waals surface area contributed by atoms with Gasteiger partial charge in [0, 0.05) is 12.8 Å². The first-order valence-electron chi connectivity index (χ1n) is 6.66. The molecule has 1 aromatic heterocycles. The van der Waals surface area contributed by atoms with E-state index >= 15 is 0 Å². The van der Waals surface area contributed by atoms with Gasteiger partial charge in [0.2, 0.25) is 5.91 Å². The van der Waals surface area contributed by atoms with Crippen LogP contribution in [-0.4, -0.2) is 26.8 Å². The van der Waals surface area contributed by atoms with Crippen LogP contribution in [-0.2, 0) is 9.59 Å². The van der Waals surface area contributed by atoms with Gasteiger partial charge in [0.25, 0.3) is 0 Å². The first-order valence-corrected chi connectivity index (χ1v) is 6.66. The van der Waals surface area contributed by atoms with Crippen molar-refractivity contribution in [3.63, 3.8) is 0 Å². The van der Waals surface area contributed by atoms with Crippen LogP contribution >= 0.6 is 0 Å². The van der Waals surface area contributed by atoms with E-state index in [1.54, 1.807) is 24.0 Å². The summed E-state index contributed by atoms with van der Waals surface area (Å²) < 4.78 is 1.66. The third-order valence-corrected chi connectivity index (χ3v) is 2.94. The van der Waals surface area contributed by atoms with E-state index in [4.69, 9.17) is 5.11 Å². The fourth-order valence-electron chi connectivity index (χ4n) is 2.01. The van der Waals surface area contributed by atoms with Crippen LogP contribution in [0.1, 0.15) is 19.8 Å². The smallest absolute Gasteiger partial charge is 0.303 e. The molecule has 0 bridgehead atoms. The lowest BCUT2D eigenvalue weighted by Gasteiger charge is -2.07. The van der Waals surface area contributed by atoms with Crippen molar-refractivity contribution < 1.29 is 14.7 Å². The number of nitrogens with one attached hydrogen (secondary N) is 1. The number of hydrogen-bond donors (Lipinski definition) is 2. The fraction of sp³-hybridized carbons (Fsp3) is 0.267. The molecule has 1 heterocycles. The largest absolute Gasteiger partial charge is 0.481 e. The molecule has 1 aromatic carbocycles. The van der Waals surface area contributed by atoms with Crippen molar-refractivity contribution in [2.75, 3.05) is 5.32 Å². The highest BCUT2D eigenvalue weighted by Crippen LogP contribution is 2.13. The van der Waals surface area contributed by atoms with Crippen molar-refractivity contribution in [1.82, 2.24) is 9.78 Å². The van der Waals surface area contributed by atoms with Crippen molar-refractivity contribution in [2.24, 2.45) is 5.92 Å². The standard InChI is InChI=1S/C15H17N3O3/c1-11(8-15(20)21)7-14(19)17-12-9-16-18(10-12)13-5-3-2-4-6-13/h2-6,9-11H,7-8H2,1H3,(H,17,19)(H,20,21)/t11-/m0/s1. The minimum absolute atomic E-state index is 0.0172. The lowest BCUT2D eigenvalue weighted by molar-refractivity contribution is -0.138. The van der Waals surface area contributed by atoms with Crippen LogP contribution in [0.5, 0.6) is 0 Å². The zero-order chi connectivity index (χ0) is 15.2. The minimum atomic E-state index is -0.896. The SMILES string of the molecule is C[C@H](CC(=O)O)CC(=O)Nc1cnn(-c2ccccc2)c1. The van der Waals surface area contributed by atoms with E-state index in [0.717, 1.165) is 5.69 Å². The number of hydrogen-bond acceptors (Lipinski definition) is 3. The highest BCUT2D eigenvalue weighted by molar-refractivity contribution is 5.90. The van der Waals surface area contributed by atoms with Crippen molar-refractivity contribution in [3.05, 3.63) is 42.7 Å². The molecular weight excluding hydrogens is 270 g/mol. The highest BCUT2D eigenvalue weighted by atomic mass is 16.4. The molecule has 0 saturated carbocycles. The van der Waals surface area contributed by atoms with E-state index in [9.17, 15) is 9.59 Å². The molecule has 2 N–H and O–H groups in total.